The first-order valence-corrected chi connectivity index (χ1v) is 12.0. The van der Waals surface area contributed by atoms with Crippen LogP contribution in [0.2, 0.25) is 0 Å². The number of hydrogen-bond donors (Lipinski definition) is 1. The SMILES string of the molecule is CCCOCCNC(=O)c1ccc(-c2ccc3ncc(C(C)=O)c(Cc4ccccc4)c3c2)cc1. The van der Waals surface area contributed by atoms with Gasteiger partial charge in [-0.15, -0.1) is 0 Å². The van der Waals surface area contributed by atoms with E-state index in [-0.39, 0.29) is 11.7 Å². The molecule has 0 aliphatic rings. The van der Waals surface area contributed by atoms with Crippen molar-refractivity contribution in [2.45, 2.75) is 26.7 Å². The number of amides is 1. The number of carbonyl (C=O) groups is 2. The summed E-state index contributed by atoms with van der Waals surface area (Å²) in [4.78, 5) is 29.4. The Balaban J connectivity index is 1.61. The molecule has 1 heterocycles. The fourth-order valence-electron chi connectivity index (χ4n) is 4.12. The van der Waals surface area contributed by atoms with Crippen molar-refractivity contribution in [3.05, 3.63) is 101 Å². The smallest absolute Gasteiger partial charge is 0.251 e. The van der Waals surface area contributed by atoms with Crippen molar-refractivity contribution in [3.8, 4) is 11.1 Å². The average Bonchev–Trinajstić information content (AvgIpc) is 2.89. The molecular formula is C30H30N2O3. The fourth-order valence-corrected chi connectivity index (χ4v) is 4.12. The van der Waals surface area contributed by atoms with Gasteiger partial charge in [-0.05, 0) is 66.3 Å². The normalized spacial score (nSPS) is 10.9. The summed E-state index contributed by atoms with van der Waals surface area (Å²) in [6, 6.07) is 23.8. The second kappa shape index (κ2) is 11.5. The Morgan fingerprint density at radius 3 is 2.37 bits per heavy atom. The molecule has 0 atom stereocenters. The number of ketones is 1. The van der Waals surface area contributed by atoms with E-state index >= 15 is 0 Å². The second-order valence-corrected chi connectivity index (χ2v) is 8.55. The minimum atomic E-state index is -0.115. The highest BCUT2D eigenvalue weighted by molar-refractivity contribution is 6.01. The molecule has 0 spiro atoms. The molecule has 5 heteroatoms. The number of pyridine rings is 1. The van der Waals surface area contributed by atoms with Crippen LogP contribution in [0, 0.1) is 0 Å². The number of benzene rings is 3. The molecule has 0 aliphatic carbocycles. The lowest BCUT2D eigenvalue weighted by Crippen LogP contribution is -2.27. The molecule has 4 aromatic rings. The standard InChI is InChI=1S/C30H30N2O3/c1-3-16-35-17-15-31-30(34)24-11-9-23(10-12-24)25-13-14-29-27(19-25)26(28(20-32-29)21(2)33)18-22-7-5-4-6-8-22/h4-14,19-20H,3,15-18H2,1-2H3,(H,31,34). The maximum Gasteiger partial charge on any atom is 0.251 e. The van der Waals surface area contributed by atoms with Crippen molar-refractivity contribution in [1.29, 1.82) is 0 Å². The zero-order chi connectivity index (χ0) is 24.6. The Kier molecular flexibility index (Phi) is 8.01. The first kappa shape index (κ1) is 24.3. The highest BCUT2D eigenvalue weighted by Crippen LogP contribution is 2.29. The Labute approximate surface area is 206 Å². The summed E-state index contributed by atoms with van der Waals surface area (Å²) in [5, 5.41) is 3.85. The average molecular weight is 467 g/mol. The number of carbonyl (C=O) groups excluding carboxylic acids is 2. The lowest BCUT2D eigenvalue weighted by atomic mass is 9.93. The van der Waals surface area contributed by atoms with Gasteiger partial charge < -0.3 is 10.1 Å². The molecule has 35 heavy (non-hydrogen) atoms. The van der Waals surface area contributed by atoms with Crippen LogP contribution in [0.5, 0.6) is 0 Å². The van der Waals surface area contributed by atoms with Gasteiger partial charge in [-0.3, -0.25) is 14.6 Å². The van der Waals surface area contributed by atoms with Gasteiger partial charge in [0.15, 0.2) is 5.78 Å². The molecule has 1 N–H and O–H groups in total. The number of rotatable bonds is 10. The highest BCUT2D eigenvalue weighted by Gasteiger charge is 2.14. The van der Waals surface area contributed by atoms with Crippen LogP contribution >= 0.6 is 0 Å². The zero-order valence-electron chi connectivity index (χ0n) is 20.2. The number of nitrogens with one attached hydrogen (secondary N) is 1. The molecular weight excluding hydrogens is 436 g/mol. The van der Waals surface area contributed by atoms with E-state index in [4.69, 9.17) is 4.74 Å². The monoisotopic (exact) mass is 466 g/mol. The van der Waals surface area contributed by atoms with Crippen LogP contribution in [-0.4, -0.2) is 36.4 Å². The maximum atomic E-state index is 12.4. The minimum Gasteiger partial charge on any atom is -0.380 e. The van der Waals surface area contributed by atoms with E-state index in [1.54, 1.807) is 13.1 Å². The quantitative estimate of drug-likeness (QED) is 0.235. The third-order valence-electron chi connectivity index (χ3n) is 5.94. The lowest BCUT2D eigenvalue weighted by molar-refractivity contribution is 0.0915. The summed E-state index contributed by atoms with van der Waals surface area (Å²) >= 11 is 0. The van der Waals surface area contributed by atoms with Gasteiger partial charge in [-0.2, -0.15) is 0 Å². The first-order valence-electron chi connectivity index (χ1n) is 12.0. The molecule has 0 aliphatic heterocycles. The van der Waals surface area contributed by atoms with Crippen LogP contribution < -0.4 is 5.32 Å². The summed E-state index contributed by atoms with van der Waals surface area (Å²) in [7, 11) is 0. The van der Waals surface area contributed by atoms with Crippen molar-refractivity contribution < 1.29 is 14.3 Å². The van der Waals surface area contributed by atoms with Gasteiger partial charge >= 0.3 is 0 Å². The first-order chi connectivity index (χ1) is 17.1. The number of ether oxygens (including phenoxy) is 1. The Morgan fingerprint density at radius 1 is 0.914 bits per heavy atom. The fraction of sp³-hybridized carbons (Fsp3) is 0.233. The number of aromatic nitrogens is 1. The lowest BCUT2D eigenvalue weighted by Gasteiger charge is -2.13. The summed E-state index contributed by atoms with van der Waals surface area (Å²) in [5.74, 6) is -0.109. The third-order valence-corrected chi connectivity index (χ3v) is 5.94. The van der Waals surface area contributed by atoms with Gasteiger partial charge in [0, 0.05) is 35.9 Å². The Bertz CT molecular complexity index is 1320. The molecule has 4 rings (SSSR count). The molecule has 3 aromatic carbocycles. The van der Waals surface area contributed by atoms with Gasteiger partial charge in [0.25, 0.3) is 5.91 Å². The van der Waals surface area contributed by atoms with E-state index in [1.165, 1.54) is 0 Å². The Hall–Kier alpha value is -3.83. The number of hydrogen-bond acceptors (Lipinski definition) is 4. The molecule has 0 saturated carbocycles. The summed E-state index contributed by atoms with van der Waals surface area (Å²) in [6.07, 6.45) is 3.30. The molecule has 0 radical (unpaired) electrons. The largest absolute Gasteiger partial charge is 0.380 e. The Morgan fingerprint density at radius 2 is 1.66 bits per heavy atom. The number of Topliss-reactive ketones (excluding diaryl/α,β-unsaturated/α-hetero) is 1. The predicted molar refractivity (Wildman–Crippen MR) is 140 cm³/mol. The van der Waals surface area contributed by atoms with Crippen molar-refractivity contribution >= 4 is 22.6 Å². The van der Waals surface area contributed by atoms with Crippen molar-refractivity contribution in [2.75, 3.05) is 19.8 Å². The minimum absolute atomic E-state index is 0.00573. The van der Waals surface area contributed by atoms with E-state index < -0.39 is 0 Å². The van der Waals surface area contributed by atoms with Crippen LogP contribution in [0.1, 0.15) is 52.1 Å². The van der Waals surface area contributed by atoms with Crippen molar-refractivity contribution in [3.63, 3.8) is 0 Å². The molecule has 5 nitrogen and oxygen atoms in total. The molecule has 1 amide bonds. The van der Waals surface area contributed by atoms with Crippen LogP contribution in [0.15, 0.2) is 79.0 Å². The molecule has 0 saturated heterocycles. The predicted octanol–water partition coefficient (Wildman–Crippen LogP) is 5.85. The van der Waals surface area contributed by atoms with E-state index in [0.717, 1.165) is 39.6 Å². The van der Waals surface area contributed by atoms with Crippen molar-refractivity contribution in [2.24, 2.45) is 0 Å². The van der Waals surface area contributed by atoms with Gasteiger partial charge in [0.2, 0.25) is 0 Å². The van der Waals surface area contributed by atoms with E-state index in [1.807, 2.05) is 54.6 Å². The van der Waals surface area contributed by atoms with Gasteiger partial charge in [0.1, 0.15) is 0 Å². The zero-order valence-corrected chi connectivity index (χ0v) is 20.2. The summed E-state index contributed by atoms with van der Waals surface area (Å²) in [5.41, 5.74) is 6.23. The van der Waals surface area contributed by atoms with Crippen LogP contribution in [0.25, 0.3) is 22.0 Å². The molecule has 0 unspecified atom stereocenters. The van der Waals surface area contributed by atoms with Crippen molar-refractivity contribution in [1.82, 2.24) is 10.3 Å². The molecule has 178 valence electrons. The number of fused-ring (bicyclic) bond motifs is 1. The summed E-state index contributed by atoms with van der Waals surface area (Å²) in [6.45, 7) is 5.34. The van der Waals surface area contributed by atoms with Crippen LogP contribution in [-0.2, 0) is 11.2 Å². The van der Waals surface area contributed by atoms with E-state index in [0.29, 0.717) is 37.3 Å². The second-order valence-electron chi connectivity index (χ2n) is 8.55. The maximum absolute atomic E-state index is 12.4. The third kappa shape index (κ3) is 6.00. The summed E-state index contributed by atoms with van der Waals surface area (Å²) < 4.78 is 5.41. The molecule has 0 fully saturated rings. The number of nitrogens with zero attached hydrogens (tertiary/aromatic N) is 1. The van der Waals surface area contributed by atoms with E-state index in [2.05, 4.69) is 35.4 Å². The van der Waals surface area contributed by atoms with Gasteiger partial charge in [-0.1, -0.05) is 55.5 Å². The van der Waals surface area contributed by atoms with E-state index in [9.17, 15) is 9.59 Å². The molecule has 1 aromatic heterocycles. The van der Waals surface area contributed by atoms with Gasteiger partial charge in [-0.25, -0.2) is 0 Å². The topological polar surface area (TPSA) is 68.3 Å². The molecule has 0 bridgehead atoms. The highest BCUT2D eigenvalue weighted by atomic mass is 16.5. The van der Waals surface area contributed by atoms with Gasteiger partial charge in [0.05, 0.1) is 12.1 Å². The van der Waals surface area contributed by atoms with Crippen LogP contribution in [0.3, 0.4) is 0 Å². The van der Waals surface area contributed by atoms with Crippen LogP contribution in [0.4, 0.5) is 0 Å².